The first-order valence-electron chi connectivity index (χ1n) is 10.0. The molecule has 0 saturated carbocycles. The van der Waals surface area contributed by atoms with Crippen LogP contribution >= 0.6 is 0 Å². The molecule has 2 aromatic rings. The Bertz CT molecular complexity index is 767. The molecule has 1 amide bonds. The van der Waals surface area contributed by atoms with Crippen molar-refractivity contribution >= 4 is 5.91 Å². The third kappa shape index (κ3) is 5.63. The highest BCUT2D eigenvalue weighted by atomic mass is 19.1. The fourth-order valence-corrected chi connectivity index (χ4v) is 3.84. The summed E-state index contributed by atoms with van der Waals surface area (Å²) < 4.78 is 13.4. The molecule has 1 saturated heterocycles. The highest BCUT2D eigenvalue weighted by Crippen LogP contribution is 2.13. The van der Waals surface area contributed by atoms with Gasteiger partial charge in [-0.2, -0.15) is 0 Å². The Morgan fingerprint density at radius 2 is 1.79 bits per heavy atom. The summed E-state index contributed by atoms with van der Waals surface area (Å²) in [5.74, 6) is -0.182. The predicted molar refractivity (Wildman–Crippen MR) is 110 cm³/mol. The SMILES string of the molecule is CC(C(=O)N(C)Cc1cccc(F)c1)N1CCCN(Cc2ccccc2)CC1. The number of likely N-dealkylation sites (N-methyl/N-ethyl adjacent to an activating group) is 1. The number of carbonyl (C=O) groups is 1. The van der Waals surface area contributed by atoms with Crippen molar-refractivity contribution < 1.29 is 9.18 Å². The van der Waals surface area contributed by atoms with Crippen molar-refractivity contribution in [2.24, 2.45) is 0 Å². The average molecular weight is 384 g/mol. The van der Waals surface area contributed by atoms with Crippen molar-refractivity contribution in [3.05, 3.63) is 71.5 Å². The maximum Gasteiger partial charge on any atom is 0.239 e. The van der Waals surface area contributed by atoms with E-state index in [-0.39, 0.29) is 17.8 Å². The van der Waals surface area contributed by atoms with Gasteiger partial charge in [0.1, 0.15) is 5.82 Å². The second-order valence-electron chi connectivity index (χ2n) is 7.65. The number of nitrogens with zero attached hydrogens (tertiary/aromatic N) is 3. The molecule has 150 valence electrons. The first-order valence-corrected chi connectivity index (χ1v) is 10.0. The fraction of sp³-hybridized carbons (Fsp3) is 0.435. The molecule has 5 heteroatoms. The van der Waals surface area contributed by atoms with Gasteiger partial charge in [-0.3, -0.25) is 14.6 Å². The van der Waals surface area contributed by atoms with Crippen LogP contribution < -0.4 is 0 Å². The van der Waals surface area contributed by atoms with Gasteiger partial charge in [-0.25, -0.2) is 4.39 Å². The summed E-state index contributed by atoms with van der Waals surface area (Å²) in [6, 6.07) is 16.8. The number of halogens is 1. The van der Waals surface area contributed by atoms with Crippen LogP contribution in [0.5, 0.6) is 0 Å². The molecule has 0 spiro atoms. The molecule has 1 aliphatic rings. The summed E-state index contributed by atoms with van der Waals surface area (Å²) >= 11 is 0. The van der Waals surface area contributed by atoms with Gasteiger partial charge >= 0.3 is 0 Å². The summed E-state index contributed by atoms with van der Waals surface area (Å²) in [5, 5.41) is 0. The summed E-state index contributed by atoms with van der Waals surface area (Å²) in [4.78, 5) is 19.3. The van der Waals surface area contributed by atoms with Crippen LogP contribution in [0.2, 0.25) is 0 Å². The molecular formula is C23H30FN3O. The van der Waals surface area contributed by atoms with E-state index in [4.69, 9.17) is 0 Å². The fourth-order valence-electron chi connectivity index (χ4n) is 3.84. The van der Waals surface area contributed by atoms with E-state index in [9.17, 15) is 9.18 Å². The minimum absolute atomic E-state index is 0.0840. The number of hydrogen-bond donors (Lipinski definition) is 0. The van der Waals surface area contributed by atoms with E-state index in [1.54, 1.807) is 18.0 Å². The smallest absolute Gasteiger partial charge is 0.239 e. The van der Waals surface area contributed by atoms with Crippen LogP contribution in [0.25, 0.3) is 0 Å². The van der Waals surface area contributed by atoms with Gasteiger partial charge in [-0.05, 0) is 43.1 Å². The van der Waals surface area contributed by atoms with Gasteiger partial charge in [0.25, 0.3) is 0 Å². The van der Waals surface area contributed by atoms with Crippen molar-refractivity contribution in [1.82, 2.24) is 14.7 Å². The van der Waals surface area contributed by atoms with E-state index in [2.05, 4.69) is 34.1 Å². The molecule has 3 rings (SSSR count). The zero-order valence-electron chi connectivity index (χ0n) is 16.9. The molecule has 1 heterocycles. The molecule has 0 N–H and O–H groups in total. The van der Waals surface area contributed by atoms with E-state index in [0.29, 0.717) is 6.54 Å². The molecule has 1 unspecified atom stereocenters. The Labute approximate surface area is 167 Å². The lowest BCUT2D eigenvalue weighted by molar-refractivity contribution is -0.135. The van der Waals surface area contributed by atoms with Crippen LogP contribution in [0, 0.1) is 5.82 Å². The Kier molecular flexibility index (Phi) is 7.18. The first kappa shape index (κ1) is 20.5. The standard InChI is InChI=1S/C23H30FN3O/c1-19(23(28)25(2)17-21-10-6-11-22(24)16-21)27-13-7-12-26(14-15-27)18-20-8-4-3-5-9-20/h3-6,8-11,16,19H,7,12-15,17-18H2,1-2H3. The normalized spacial score (nSPS) is 17.1. The lowest BCUT2D eigenvalue weighted by atomic mass is 10.2. The lowest BCUT2D eigenvalue weighted by Gasteiger charge is -2.30. The van der Waals surface area contributed by atoms with Crippen LogP contribution in [0.1, 0.15) is 24.5 Å². The van der Waals surface area contributed by atoms with Gasteiger partial charge in [0.2, 0.25) is 5.91 Å². The third-order valence-electron chi connectivity index (χ3n) is 5.46. The predicted octanol–water partition coefficient (Wildman–Crippen LogP) is 3.38. The van der Waals surface area contributed by atoms with Crippen LogP contribution in [0.15, 0.2) is 54.6 Å². The highest BCUT2D eigenvalue weighted by molar-refractivity contribution is 5.81. The molecular weight excluding hydrogens is 353 g/mol. The third-order valence-corrected chi connectivity index (χ3v) is 5.46. The van der Waals surface area contributed by atoms with Crippen molar-refractivity contribution in [3.8, 4) is 0 Å². The molecule has 0 aromatic heterocycles. The number of rotatable bonds is 6. The maximum atomic E-state index is 13.4. The molecule has 4 nitrogen and oxygen atoms in total. The summed E-state index contributed by atoms with van der Waals surface area (Å²) in [6.07, 6.45) is 1.05. The van der Waals surface area contributed by atoms with Crippen LogP contribution in [0.3, 0.4) is 0 Å². The van der Waals surface area contributed by atoms with E-state index in [1.165, 1.54) is 17.7 Å². The highest BCUT2D eigenvalue weighted by Gasteiger charge is 2.26. The Morgan fingerprint density at radius 1 is 1.04 bits per heavy atom. The monoisotopic (exact) mass is 383 g/mol. The molecule has 0 radical (unpaired) electrons. The zero-order chi connectivity index (χ0) is 19.9. The quantitative estimate of drug-likeness (QED) is 0.765. The van der Waals surface area contributed by atoms with E-state index in [1.807, 2.05) is 19.1 Å². The zero-order valence-corrected chi connectivity index (χ0v) is 16.9. The lowest BCUT2D eigenvalue weighted by Crippen LogP contribution is -2.46. The number of amides is 1. The minimum atomic E-state index is -0.266. The molecule has 1 atom stereocenters. The second kappa shape index (κ2) is 9.80. The number of carbonyl (C=O) groups excluding carboxylic acids is 1. The molecule has 0 bridgehead atoms. The Morgan fingerprint density at radius 3 is 2.54 bits per heavy atom. The maximum absolute atomic E-state index is 13.4. The molecule has 28 heavy (non-hydrogen) atoms. The van der Waals surface area contributed by atoms with E-state index in [0.717, 1.165) is 44.7 Å². The van der Waals surface area contributed by atoms with Crippen LogP contribution in [-0.4, -0.2) is 59.9 Å². The van der Waals surface area contributed by atoms with Gasteiger partial charge in [0.05, 0.1) is 6.04 Å². The number of hydrogen-bond acceptors (Lipinski definition) is 3. The van der Waals surface area contributed by atoms with Crippen molar-refractivity contribution in [1.29, 1.82) is 0 Å². The Balaban J connectivity index is 1.53. The van der Waals surface area contributed by atoms with Crippen LogP contribution in [-0.2, 0) is 17.9 Å². The summed E-state index contributed by atoms with van der Waals surface area (Å²) in [5.41, 5.74) is 2.14. The van der Waals surface area contributed by atoms with Gasteiger partial charge in [0, 0.05) is 39.8 Å². The largest absolute Gasteiger partial charge is 0.340 e. The van der Waals surface area contributed by atoms with Crippen molar-refractivity contribution in [2.75, 3.05) is 33.2 Å². The topological polar surface area (TPSA) is 26.8 Å². The average Bonchev–Trinajstić information content (AvgIpc) is 2.93. The van der Waals surface area contributed by atoms with Gasteiger partial charge < -0.3 is 4.90 Å². The van der Waals surface area contributed by atoms with E-state index < -0.39 is 0 Å². The molecule has 1 fully saturated rings. The molecule has 0 aliphatic carbocycles. The molecule has 2 aromatic carbocycles. The van der Waals surface area contributed by atoms with Gasteiger partial charge in [-0.15, -0.1) is 0 Å². The number of benzene rings is 2. The summed E-state index contributed by atoms with van der Waals surface area (Å²) in [7, 11) is 1.79. The second-order valence-corrected chi connectivity index (χ2v) is 7.65. The van der Waals surface area contributed by atoms with Gasteiger partial charge in [-0.1, -0.05) is 42.5 Å². The first-order chi connectivity index (χ1) is 13.5. The van der Waals surface area contributed by atoms with Crippen molar-refractivity contribution in [3.63, 3.8) is 0 Å². The van der Waals surface area contributed by atoms with Crippen molar-refractivity contribution in [2.45, 2.75) is 32.5 Å². The van der Waals surface area contributed by atoms with Crippen LogP contribution in [0.4, 0.5) is 4.39 Å². The Hall–Kier alpha value is -2.24. The van der Waals surface area contributed by atoms with Gasteiger partial charge in [0.15, 0.2) is 0 Å². The molecule has 1 aliphatic heterocycles. The minimum Gasteiger partial charge on any atom is -0.340 e. The summed E-state index contributed by atoms with van der Waals surface area (Å²) in [6.45, 7) is 7.17. The van der Waals surface area contributed by atoms with E-state index >= 15 is 0 Å².